The van der Waals surface area contributed by atoms with Crippen LogP contribution in [0.3, 0.4) is 0 Å². The zero-order valence-corrected chi connectivity index (χ0v) is 12.1. The van der Waals surface area contributed by atoms with Crippen LogP contribution < -0.4 is 10.6 Å². The maximum Gasteiger partial charge on any atom is 0.253 e. The molecule has 1 aliphatic rings. The highest BCUT2D eigenvalue weighted by atomic mass is 16.1. The van der Waals surface area contributed by atoms with Crippen molar-refractivity contribution in [2.24, 2.45) is 5.92 Å². The molecule has 2 atom stereocenters. The highest BCUT2D eigenvalue weighted by molar-refractivity contribution is 6.00. The minimum absolute atomic E-state index is 0.0541. The Morgan fingerprint density at radius 2 is 2.16 bits per heavy atom. The van der Waals surface area contributed by atoms with Gasteiger partial charge in [0.05, 0.1) is 5.56 Å². The first-order valence-corrected chi connectivity index (χ1v) is 7.27. The Morgan fingerprint density at radius 3 is 2.79 bits per heavy atom. The van der Waals surface area contributed by atoms with Crippen LogP contribution in [0.2, 0.25) is 0 Å². The van der Waals surface area contributed by atoms with E-state index in [-0.39, 0.29) is 5.91 Å². The van der Waals surface area contributed by atoms with Gasteiger partial charge in [-0.3, -0.25) is 4.79 Å². The minimum Gasteiger partial charge on any atom is -0.385 e. The van der Waals surface area contributed by atoms with Crippen LogP contribution in [0.1, 0.15) is 49.0 Å². The quantitative estimate of drug-likeness (QED) is 0.871. The SMILES string of the molecule is CCNc1ccc(C)cc1C(=O)NC1CCCC1C. The van der Waals surface area contributed by atoms with Gasteiger partial charge in [0, 0.05) is 18.3 Å². The second kappa shape index (κ2) is 6.09. The van der Waals surface area contributed by atoms with Gasteiger partial charge in [0.1, 0.15) is 0 Å². The molecule has 1 amide bonds. The number of hydrogen-bond acceptors (Lipinski definition) is 2. The van der Waals surface area contributed by atoms with E-state index >= 15 is 0 Å². The third-order valence-corrected chi connectivity index (χ3v) is 3.96. The molecule has 2 N–H and O–H groups in total. The summed E-state index contributed by atoms with van der Waals surface area (Å²) in [6, 6.07) is 6.33. The fraction of sp³-hybridized carbons (Fsp3) is 0.562. The lowest BCUT2D eigenvalue weighted by molar-refractivity contribution is 0.0930. The monoisotopic (exact) mass is 260 g/mol. The van der Waals surface area contributed by atoms with Crippen molar-refractivity contribution in [1.82, 2.24) is 5.32 Å². The van der Waals surface area contributed by atoms with Gasteiger partial charge in [-0.25, -0.2) is 0 Å². The molecule has 1 aliphatic carbocycles. The molecule has 3 heteroatoms. The molecule has 104 valence electrons. The van der Waals surface area contributed by atoms with Gasteiger partial charge in [0.2, 0.25) is 0 Å². The zero-order chi connectivity index (χ0) is 13.8. The minimum atomic E-state index is 0.0541. The summed E-state index contributed by atoms with van der Waals surface area (Å²) in [5, 5.41) is 6.45. The molecular formula is C16H24N2O. The van der Waals surface area contributed by atoms with Gasteiger partial charge in [-0.05, 0) is 44.7 Å². The largest absolute Gasteiger partial charge is 0.385 e. The van der Waals surface area contributed by atoms with Gasteiger partial charge in [0.25, 0.3) is 5.91 Å². The van der Waals surface area contributed by atoms with Crippen molar-refractivity contribution < 1.29 is 4.79 Å². The van der Waals surface area contributed by atoms with E-state index in [1.54, 1.807) is 0 Å². The van der Waals surface area contributed by atoms with Crippen molar-refractivity contribution in [3.63, 3.8) is 0 Å². The molecule has 3 nitrogen and oxygen atoms in total. The summed E-state index contributed by atoms with van der Waals surface area (Å²) in [4.78, 5) is 12.4. The predicted octanol–water partition coefficient (Wildman–Crippen LogP) is 3.35. The van der Waals surface area contributed by atoms with Crippen molar-refractivity contribution in [3.8, 4) is 0 Å². The number of aryl methyl sites for hydroxylation is 1. The van der Waals surface area contributed by atoms with E-state index in [0.717, 1.165) is 29.8 Å². The summed E-state index contributed by atoms with van der Waals surface area (Å²) in [7, 11) is 0. The molecule has 0 aliphatic heterocycles. The number of hydrogen-bond donors (Lipinski definition) is 2. The van der Waals surface area contributed by atoms with Crippen molar-refractivity contribution in [1.29, 1.82) is 0 Å². The lowest BCUT2D eigenvalue weighted by atomic mass is 10.0. The first-order chi connectivity index (χ1) is 9.11. The molecular weight excluding hydrogens is 236 g/mol. The van der Waals surface area contributed by atoms with Gasteiger partial charge in [-0.15, -0.1) is 0 Å². The molecule has 1 fully saturated rings. The number of benzene rings is 1. The molecule has 1 aromatic rings. The molecule has 2 unspecified atom stereocenters. The third kappa shape index (κ3) is 3.28. The Hall–Kier alpha value is -1.51. The van der Waals surface area contributed by atoms with E-state index in [1.165, 1.54) is 12.8 Å². The number of carbonyl (C=O) groups is 1. The van der Waals surface area contributed by atoms with E-state index in [9.17, 15) is 4.79 Å². The second-order valence-corrected chi connectivity index (χ2v) is 5.57. The summed E-state index contributed by atoms with van der Waals surface area (Å²) in [6.07, 6.45) is 3.55. The molecule has 19 heavy (non-hydrogen) atoms. The standard InChI is InChI=1S/C16H24N2O/c1-4-17-15-9-8-11(2)10-13(15)16(19)18-14-7-5-6-12(14)3/h8-10,12,14,17H,4-7H2,1-3H3,(H,18,19). The first-order valence-electron chi connectivity index (χ1n) is 7.27. The highest BCUT2D eigenvalue weighted by Crippen LogP contribution is 2.26. The first kappa shape index (κ1) is 13.9. The maximum atomic E-state index is 12.4. The average molecular weight is 260 g/mol. The zero-order valence-electron chi connectivity index (χ0n) is 12.1. The smallest absolute Gasteiger partial charge is 0.253 e. The van der Waals surface area contributed by atoms with Crippen LogP contribution in [0.5, 0.6) is 0 Å². The van der Waals surface area contributed by atoms with E-state index in [1.807, 2.05) is 32.0 Å². The van der Waals surface area contributed by atoms with Gasteiger partial charge >= 0.3 is 0 Å². The lowest BCUT2D eigenvalue weighted by Crippen LogP contribution is -2.36. The van der Waals surface area contributed by atoms with Crippen LogP contribution in [0.25, 0.3) is 0 Å². The van der Waals surface area contributed by atoms with Crippen molar-refractivity contribution in [2.75, 3.05) is 11.9 Å². The summed E-state index contributed by atoms with van der Waals surface area (Å²) in [5.74, 6) is 0.648. The molecule has 1 saturated carbocycles. The number of nitrogens with one attached hydrogen (secondary N) is 2. The molecule has 0 heterocycles. The number of anilines is 1. The normalized spacial score (nSPS) is 22.3. The van der Waals surface area contributed by atoms with Crippen LogP contribution in [-0.4, -0.2) is 18.5 Å². The summed E-state index contributed by atoms with van der Waals surface area (Å²) in [5.41, 5.74) is 2.81. The van der Waals surface area contributed by atoms with Gasteiger partial charge in [0.15, 0.2) is 0 Å². The van der Waals surface area contributed by atoms with Crippen molar-refractivity contribution >= 4 is 11.6 Å². The van der Waals surface area contributed by atoms with Crippen LogP contribution in [0, 0.1) is 12.8 Å². The van der Waals surface area contributed by atoms with Crippen LogP contribution in [-0.2, 0) is 0 Å². The molecule has 1 aromatic carbocycles. The average Bonchev–Trinajstić information content (AvgIpc) is 2.77. The molecule has 0 bridgehead atoms. The third-order valence-electron chi connectivity index (χ3n) is 3.96. The Balaban J connectivity index is 2.15. The Bertz CT molecular complexity index is 456. The molecule has 0 saturated heterocycles. The summed E-state index contributed by atoms with van der Waals surface area (Å²) in [6.45, 7) is 7.11. The van der Waals surface area contributed by atoms with Gasteiger partial charge in [-0.1, -0.05) is 25.0 Å². The topological polar surface area (TPSA) is 41.1 Å². The molecule has 0 spiro atoms. The second-order valence-electron chi connectivity index (χ2n) is 5.57. The maximum absolute atomic E-state index is 12.4. The Kier molecular flexibility index (Phi) is 4.46. The van der Waals surface area contributed by atoms with Gasteiger partial charge < -0.3 is 10.6 Å². The lowest BCUT2D eigenvalue weighted by Gasteiger charge is -2.19. The van der Waals surface area contributed by atoms with Crippen LogP contribution in [0.4, 0.5) is 5.69 Å². The predicted molar refractivity (Wildman–Crippen MR) is 79.6 cm³/mol. The van der Waals surface area contributed by atoms with Crippen LogP contribution >= 0.6 is 0 Å². The van der Waals surface area contributed by atoms with E-state index in [2.05, 4.69) is 17.6 Å². The van der Waals surface area contributed by atoms with E-state index in [4.69, 9.17) is 0 Å². The Morgan fingerprint density at radius 1 is 1.37 bits per heavy atom. The number of rotatable bonds is 4. The van der Waals surface area contributed by atoms with E-state index in [0.29, 0.717) is 12.0 Å². The van der Waals surface area contributed by atoms with Crippen molar-refractivity contribution in [3.05, 3.63) is 29.3 Å². The highest BCUT2D eigenvalue weighted by Gasteiger charge is 2.25. The summed E-state index contributed by atoms with van der Waals surface area (Å²) < 4.78 is 0. The molecule has 2 rings (SSSR count). The van der Waals surface area contributed by atoms with Crippen LogP contribution in [0.15, 0.2) is 18.2 Å². The van der Waals surface area contributed by atoms with E-state index < -0.39 is 0 Å². The Labute approximate surface area is 115 Å². The van der Waals surface area contributed by atoms with Gasteiger partial charge in [-0.2, -0.15) is 0 Å². The molecule has 0 aromatic heterocycles. The fourth-order valence-electron chi connectivity index (χ4n) is 2.80. The van der Waals surface area contributed by atoms with Crippen molar-refractivity contribution in [2.45, 2.75) is 46.1 Å². The molecule has 0 radical (unpaired) electrons. The fourth-order valence-corrected chi connectivity index (χ4v) is 2.80. The summed E-state index contributed by atoms with van der Waals surface area (Å²) >= 11 is 0. The number of amides is 1. The number of carbonyl (C=O) groups excluding carboxylic acids is 1.